The number of nitrogens with zero attached hydrogens (tertiary/aromatic N) is 4. The van der Waals surface area contributed by atoms with Gasteiger partial charge in [0.2, 0.25) is 0 Å². The maximum absolute atomic E-state index is 4.57. The van der Waals surface area contributed by atoms with Crippen molar-refractivity contribution in [2.24, 2.45) is 14.1 Å². The third-order valence-electron chi connectivity index (χ3n) is 5.36. The molecule has 3 aromatic heterocycles. The van der Waals surface area contributed by atoms with Gasteiger partial charge in [-0.25, -0.2) is 4.98 Å². The van der Waals surface area contributed by atoms with Gasteiger partial charge in [0, 0.05) is 60.1 Å². The molecule has 0 radical (unpaired) electrons. The number of pyridine rings is 1. The summed E-state index contributed by atoms with van der Waals surface area (Å²) in [5.74, 6) is 0.755. The Morgan fingerprint density at radius 3 is 2.63 bits per heavy atom. The van der Waals surface area contributed by atoms with E-state index in [4.69, 9.17) is 0 Å². The second-order valence-electron chi connectivity index (χ2n) is 7.41. The molecule has 0 atom stereocenters. The van der Waals surface area contributed by atoms with Crippen molar-refractivity contribution in [1.82, 2.24) is 19.3 Å². The second kappa shape index (κ2) is 7.07. The minimum Gasteiger partial charge on any atom is -0.351 e. The molecule has 30 heavy (non-hydrogen) atoms. The van der Waals surface area contributed by atoms with E-state index in [9.17, 15) is 0 Å². The smallest absolute Gasteiger partial charge is 0.131 e. The Morgan fingerprint density at radius 2 is 1.83 bits per heavy atom. The molecule has 0 saturated carbocycles. The Balaban J connectivity index is 1.49. The monoisotopic (exact) mass is 391 g/mol. The number of benzene rings is 2. The quantitative estimate of drug-likeness (QED) is 0.419. The largest absolute Gasteiger partial charge is 0.351 e. The van der Waals surface area contributed by atoms with Crippen LogP contribution in [0.15, 0.2) is 85.6 Å². The van der Waals surface area contributed by atoms with Crippen LogP contribution < -0.4 is 5.32 Å². The van der Waals surface area contributed by atoms with E-state index in [1.807, 2.05) is 43.4 Å². The van der Waals surface area contributed by atoms with Crippen LogP contribution in [0, 0.1) is 0 Å². The van der Waals surface area contributed by atoms with Crippen molar-refractivity contribution in [3.8, 4) is 11.1 Å². The molecule has 2 aromatic carbocycles. The Hall–Kier alpha value is -4.08. The summed E-state index contributed by atoms with van der Waals surface area (Å²) in [4.78, 5) is 4.57. The van der Waals surface area contributed by atoms with E-state index in [0.29, 0.717) is 0 Å². The molecule has 1 N–H and O–H groups in total. The van der Waals surface area contributed by atoms with Crippen molar-refractivity contribution in [2.75, 3.05) is 5.32 Å². The molecule has 0 saturated heterocycles. The van der Waals surface area contributed by atoms with Crippen LogP contribution in [0.5, 0.6) is 0 Å². The summed E-state index contributed by atoms with van der Waals surface area (Å²) in [6.07, 6.45) is 7.83. The molecule has 0 aliphatic heterocycles. The molecule has 5 aromatic rings. The summed E-state index contributed by atoms with van der Waals surface area (Å²) in [7, 11) is 3.97. The molecular weight excluding hydrogens is 370 g/mol. The molecule has 0 unspecified atom stereocenters. The zero-order valence-electron chi connectivity index (χ0n) is 16.9. The molecule has 0 aliphatic carbocycles. The van der Waals surface area contributed by atoms with Crippen LogP contribution >= 0.6 is 0 Å². The second-order valence-corrected chi connectivity index (χ2v) is 7.41. The topological polar surface area (TPSA) is 47.7 Å². The van der Waals surface area contributed by atoms with Gasteiger partial charge < -0.3 is 9.88 Å². The number of hydrogen-bond donors (Lipinski definition) is 1. The SMILES string of the molecule is C=C=C(Nc1cc2cc(-c3cnn(C)c3)ccc2cn1)c1ccc2c(ccn2C)c1. The molecule has 0 spiro atoms. The maximum Gasteiger partial charge on any atom is 0.131 e. The summed E-state index contributed by atoms with van der Waals surface area (Å²) in [5.41, 5.74) is 8.26. The number of rotatable bonds is 4. The van der Waals surface area contributed by atoms with Crippen molar-refractivity contribution in [3.63, 3.8) is 0 Å². The highest BCUT2D eigenvalue weighted by molar-refractivity contribution is 5.90. The van der Waals surface area contributed by atoms with E-state index in [1.165, 1.54) is 10.9 Å². The van der Waals surface area contributed by atoms with Gasteiger partial charge in [-0.2, -0.15) is 5.10 Å². The van der Waals surface area contributed by atoms with E-state index < -0.39 is 0 Å². The van der Waals surface area contributed by atoms with Crippen molar-refractivity contribution >= 4 is 33.2 Å². The van der Waals surface area contributed by atoms with Gasteiger partial charge in [-0.3, -0.25) is 4.68 Å². The average Bonchev–Trinajstić information content (AvgIpc) is 3.37. The molecule has 5 rings (SSSR count). The van der Waals surface area contributed by atoms with E-state index in [-0.39, 0.29) is 0 Å². The fourth-order valence-corrected chi connectivity index (χ4v) is 3.74. The van der Waals surface area contributed by atoms with Gasteiger partial charge in [0.15, 0.2) is 0 Å². The number of anilines is 1. The van der Waals surface area contributed by atoms with E-state index in [0.717, 1.165) is 39.0 Å². The fraction of sp³-hybridized carbons (Fsp3) is 0.0800. The van der Waals surface area contributed by atoms with Gasteiger partial charge >= 0.3 is 0 Å². The lowest BCUT2D eigenvalue weighted by atomic mass is 10.0. The van der Waals surface area contributed by atoms with E-state index in [2.05, 4.69) is 80.9 Å². The molecule has 0 bridgehead atoms. The zero-order valence-corrected chi connectivity index (χ0v) is 16.9. The number of fused-ring (bicyclic) bond motifs is 2. The normalized spacial score (nSPS) is 11.0. The van der Waals surface area contributed by atoms with Gasteiger partial charge in [0.1, 0.15) is 5.82 Å². The predicted octanol–water partition coefficient (Wildman–Crippen LogP) is 5.36. The van der Waals surface area contributed by atoms with Crippen LogP contribution in [0.3, 0.4) is 0 Å². The Morgan fingerprint density at radius 1 is 0.933 bits per heavy atom. The highest BCUT2D eigenvalue weighted by Gasteiger charge is 2.08. The highest BCUT2D eigenvalue weighted by Crippen LogP contribution is 2.27. The first-order chi connectivity index (χ1) is 14.6. The maximum atomic E-state index is 4.57. The van der Waals surface area contributed by atoms with E-state index in [1.54, 1.807) is 0 Å². The molecular formula is C25H21N5. The lowest BCUT2D eigenvalue weighted by Gasteiger charge is -2.10. The molecule has 0 amide bonds. The van der Waals surface area contributed by atoms with Crippen molar-refractivity contribution in [1.29, 1.82) is 0 Å². The third kappa shape index (κ3) is 3.17. The van der Waals surface area contributed by atoms with Gasteiger partial charge in [0.25, 0.3) is 0 Å². The van der Waals surface area contributed by atoms with Crippen LogP contribution in [-0.4, -0.2) is 19.3 Å². The van der Waals surface area contributed by atoms with Crippen LogP contribution in [0.4, 0.5) is 5.82 Å². The van der Waals surface area contributed by atoms with Crippen LogP contribution in [-0.2, 0) is 14.1 Å². The summed E-state index contributed by atoms with van der Waals surface area (Å²) < 4.78 is 3.92. The van der Waals surface area contributed by atoms with E-state index >= 15 is 0 Å². The zero-order chi connectivity index (χ0) is 20.7. The molecule has 0 fully saturated rings. The lowest BCUT2D eigenvalue weighted by molar-refractivity contribution is 0.768. The summed E-state index contributed by atoms with van der Waals surface area (Å²) >= 11 is 0. The van der Waals surface area contributed by atoms with Crippen LogP contribution in [0.1, 0.15) is 5.56 Å². The fourth-order valence-electron chi connectivity index (χ4n) is 3.74. The average molecular weight is 391 g/mol. The minimum absolute atomic E-state index is 0.755. The minimum atomic E-state index is 0.755. The lowest BCUT2D eigenvalue weighted by Crippen LogP contribution is -2.00. The summed E-state index contributed by atoms with van der Waals surface area (Å²) in [6.45, 7) is 3.87. The van der Waals surface area contributed by atoms with Gasteiger partial charge in [-0.15, -0.1) is 5.73 Å². The third-order valence-corrected chi connectivity index (χ3v) is 5.36. The van der Waals surface area contributed by atoms with Crippen LogP contribution in [0.25, 0.3) is 38.5 Å². The Kier molecular flexibility index (Phi) is 4.24. The van der Waals surface area contributed by atoms with Gasteiger partial charge in [-0.1, -0.05) is 24.8 Å². The predicted molar refractivity (Wildman–Crippen MR) is 123 cm³/mol. The Labute approximate surface area is 174 Å². The number of nitrogens with one attached hydrogen (secondary N) is 1. The molecule has 146 valence electrons. The summed E-state index contributed by atoms with van der Waals surface area (Å²) in [6, 6.07) is 16.8. The first kappa shape index (κ1) is 18.0. The van der Waals surface area contributed by atoms with Crippen molar-refractivity contribution in [3.05, 3.63) is 91.2 Å². The number of aromatic nitrogens is 4. The first-order valence-corrected chi connectivity index (χ1v) is 9.72. The standard InChI is InChI=1S/C25H21N5/c1-4-23(18-7-8-24-19(12-18)9-10-29(24)2)28-25-13-21-11-17(5-6-20(21)14-26-25)22-15-27-30(3)16-22/h5-16H,1H2,2-3H3,(H,26,28). The molecule has 5 heteroatoms. The molecule has 3 heterocycles. The highest BCUT2D eigenvalue weighted by atomic mass is 15.2. The van der Waals surface area contributed by atoms with Gasteiger partial charge in [-0.05, 0) is 41.3 Å². The molecule has 5 nitrogen and oxygen atoms in total. The van der Waals surface area contributed by atoms with Crippen molar-refractivity contribution < 1.29 is 0 Å². The van der Waals surface area contributed by atoms with Gasteiger partial charge in [0.05, 0.1) is 11.9 Å². The van der Waals surface area contributed by atoms with Crippen LogP contribution in [0.2, 0.25) is 0 Å². The number of hydrogen-bond acceptors (Lipinski definition) is 3. The molecule has 0 aliphatic rings. The summed E-state index contributed by atoms with van der Waals surface area (Å²) in [5, 5.41) is 11.0. The van der Waals surface area contributed by atoms with Crippen molar-refractivity contribution in [2.45, 2.75) is 0 Å². The first-order valence-electron chi connectivity index (χ1n) is 9.72. The Bertz CT molecular complexity index is 1450. The number of aryl methyl sites for hydroxylation is 2.